The molecule has 2 aliphatic rings. The maximum atomic E-state index is 13.4. The van der Waals surface area contributed by atoms with Crippen molar-refractivity contribution >= 4 is 64.0 Å². The molecule has 1 aromatic heterocycles. The molecule has 2 atom stereocenters. The summed E-state index contributed by atoms with van der Waals surface area (Å²) < 4.78 is 11.2. The van der Waals surface area contributed by atoms with Gasteiger partial charge >= 0.3 is 6.09 Å². The third-order valence-corrected chi connectivity index (χ3v) is 8.53. The number of thiophene rings is 1. The summed E-state index contributed by atoms with van der Waals surface area (Å²) in [6.07, 6.45) is 0.432. The number of carbonyl (C=O) groups excluding carboxylic acids is 5. The van der Waals surface area contributed by atoms with E-state index < -0.39 is 36.0 Å². The quantitative estimate of drug-likeness (QED) is 0.296. The predicted molar refractivity (Wildman–Crippen MR) is 167 cm³/mol. The van der Waals surface area contributed by atoms with Crippen molar-refractivity contribution < 1.29 is 33.4 Å². The van der Waals surface area contributed by atoms with E-state index in [4.69, 9.17) is 26.8 Å². The molecule has 0 saturated carbocycles. The van der Waals surface area contributed by atoms with Crippen LogP contribution in [0.15, 0.2) is 36.4 Å². The van der Waals surface area contributed by atoms with Gasteiger partial charge in [0, 0.05) is 24.3 Å². The summed E-state index contributed by atoms with van der Waals surface area (Å²) in [6, 6.07) is 9.66. The second-order valence-corrected chi connectivity index (χ2v) is 12.9. The van der Waals surface area contributed by atoms with Crippen molar-refractivity contribution in [3.8, 4) is 0 Å². The minimum atomic E-state index is -0.750. The number of hydrogen-bond donors (Lipinski definition) is 2. The molecular weight excluding hydrogens is 610 g/mol. The number of imide groups is 1. The first kappa shape index (κ1) is 33.4. The zero-order valence-corrected chi connectivity index (χ0v) is 26.4. The number of carbonyl (C=O) groups is 5. The molecule has 0 bridgehead atoms. The number of rotatable bonds is 14. The van der Waals surface area contributed by atoms with Crippen LogP contribution in [0.1, 0.15) is 49.2 Å². The van der Waals surface area contributed by atoms with Gasteiger partial charge in [-0.1, -0.05) is 25.4 Å². The number of nitrogens with two attached hydrogens (primary N) is 1. The van der Waals surface area contributed by atoms with Crippen molar-refractivity contribution in [2.45, 2.75) is 51.7 Å². The van der Waals surface area contributed by atoms with Crippen LogP contribution < -0.4 is 20.9 Å². The number of unbranched alkanes of at least 4 members (excludes halogenated alkanes) is 1. The Bertz CT molecular complexity index is 1350. The Labute approximate surface area is 265 Å². The molecule has 2 aromatic rings. The van der Waals surface area contributed by atoms with Crippen LogP contribution in [0.2, 0.25) is 4.34 Å². The van der Waals surface area contributed by atoms with E-state index in [1.54, 1.807) is 41.3 Å². The fraction of sp³-hybridized carbons (Fsp3) is 0.500. The minimum Gasteiger partial charge on any atom is -0.442 e. The van der Waals surface area contributed by atoms with Gasteiger partial charge in [-0.25, -0.2) is 4.79 Å². The highest BCUT2D eigenvalue weighted by Gasteiger charge is 2.36. The summed E-state index contributed by atoms with van der Waals surface area (Å²) in [5.74, 6) is -1.16. The number of halogens is 1. The van der Waals surface area contributed by atoms with Gasteiger partial charge in [0.1, 0.15) is 12.7 Å². The molecule has 3 N–H and O–H groups in total. The van der Waals surface area contributed by atoms with Gasteiger partial charge in [-0.3, -0.25) is 29.0 Å². The van der Waals surface area contributed by atoms with Gasteiger partial charge in [-0.05, 0) is 68.1 Å². The van der Waals surface area contributed by atoms with Gasteiger partial charge in [0.15, 0.2) is 0 Å². The fourth-order valence-corrected chi connectivity index (χ4v) is 6.07. The first-order valence-corrected chi connectivity index (χ1v) is 15.8. The van der Waals surface area contributed by atoms with E-state index in [2.05, 4.69) is 5.32 Å². The molecule has 0 spiro atoms. The minimum absolute atomic E-state index is 0.0262. The van der Waals surface area contributed by atoms with Crippen molar-refractivity contribution in [2.75, 3.05) is 49.2 Å². The van der Waals surface area contributed by atoms with Crippen LogP contribution in [0.3, 0.4) is 0 Å². The Morgan fingerprint density at radius 1 is 1.09 bits per heavy atom. The number of benzene rings is 1. The molecule has 0 radical (unpaired) electrons. The molecule has 0 aliphatic carbocycles. The SMILES string of the molecule is CC(C)C[C@H](NCCCCC(=O)N(C[C@H]1CN(c2ccc(N3CCOCC3=O)cc2)C(=O)O1)C(=O)c1ccc(Cl)s1)C(N)=O. The molecule has 12 nitrogen and oxygen atoms in total. The molecule has 5 amide bonds. The standard InChI is InChI=1S/C30H38ClN5O7S/c1-19(2)15-23(28(32)39)33-12-4-3-5-26(37)36(29(40)24-10-11-25(31)44-24)17-22-16-35(30(41)43-22)21-8-6-20(7-9-21)34-13-14-42-18-27(34)38/h6-11,19,22-23,33H,3-5,12-18H2,1-2H3,(H2,32,39)/t22-,23+/m1/s1. The number of morpholine rings is 1. The molecule has 238 valence electrons. The Hall–Kier alpha value is -3.52. The average molecular weight is 648 g/mol. The van der Waals surface area contributed by atoms with E-state index in [-0.39, 0.29) is 32.0 Å². The molecule has 2 fully saturated rings. The van der Waals surface area contributed by atoms with Gasteiger partial charge in [-0.2, -0.15) is 0 Å². The Morgan fingerprint density at radius 2 is 1.80 bits per heavy atom. The molecule has 3 heterocycles. The predicted octanol–water partition coefficient (Wildman–Crippen LogP) is 3.42. The molecular formula is C30H38ClN5O7S. The Balaban J connectivity index is 1.37. The van der Waals surface area contributed by atoms with Crippen LogP contribution >= 0.6 is 22.9 Å². The van der Waals surface area contributed by atoms with Crippen molar-refractivity contribution in [3.63, 3.8) is 0 Å². The van der Waals surface area contributed by atoms with Crippen LogP contribution in [0.4, 0.5) is 16.2 Å². The largest absolute Gasteiger partial charge is 0.442 e. The monoisotopic (exact) mass is 647 g/mol. The number of anilines is 2. The van der Waals surface area contributed by atoms with Gasteiger partial charge in [-0.15, -0.1) is 11.3 Å². The van der Waals surface area contributed by atoms with Crippen LogP contribution in [0.5, 0.6) is 0 Å². The third kappa shape index (κ3) is 8.78. The highest BCUT2D eigenvalue weighted by Crippen LogP contribution is 2.27. The second kappa shape index (κ2) is 15.5. The molecule has 2 aliphatic heterocycles. The van der Waals surface area contributed by atoms with Crippen LogP contribution in [-0.2, 0) is 23.9 Å². The number of nitrogens with one attached hydrogen (secondary N) is 1. The maximum Gasteiger partial charge on any atom is 0.414 e. The summed E-state index contributed by atoms with van der Waals surface area (Å²) in [5, 5.41) is 3.15. The summed E-state index contributed by atoms with van der Waals surface area (Å²) in [5.41, 5.74) is 6.75. The summed E-state index contributed by atoms with van der Waals surface area (Å²) in [4.78, 5) is 67.9. The number of cyclic esters (lactones) is 1. The molecule has 44 heavy (non-hydrogen) atoms. The Morgan fingerprint density at radius 3 is 2.41 bits per heavy atom. The maximum absolute atomic E-state index is 13.4. The smallest absolute Gasteiger partial charge is 0.414 e. The fourth-order valence-electron chi connectivity index (χ4n) is 5.08. The van der Waals surface area contributed by atoms with Crippen LogP contribution in [0.25, 0.3) is 0 Å². The van der Waals surface area contributed by atoms with Crippen molar-refractivity contribution in [1.82, 2.24) is 10.2 Å². The third-order valence-electron chi connectivity index (χ3n) is 7.31. The number of amides is 5. The van der Waals surface area contributed by atoms with Gasteiger partial charge in [0.2, 0.25) is 11.8 Å². The average Bonchev–Trinajstić information content (AvgIpc) is 3.59. The van der Waals surface area contributed by atoms with E-state index in [9.17, 15) is 24.0 Å². The molecule has 14 heteroatoms. The van der Waals surface area contributed by atoms with E-state index in [0.717, 1.165) is 16.2 Å². The van der Waals surface area contributed by atoms with E-state index >= 15 is 0 Å². The topological polar surface area (TPSA) is 152 Å². The van der Waals surface area contributed by atoms with Crippen molar-refractivity contribution in [3.05, 3.63) is 45.6 Å². The lowest BCUT2D eigenvalue weighted by Crippen LogP contribution is -2.43. The number of nitrogens with zero attached hydrogens (tertiary/aromatic N) is 3. The summed E-state index contributed by atoms with van der Waals surface area (Å²) >= 11 is 7.12. The second-order valence-electron chi connectivity index (χ2n) is 11.1. The first-order valence-electron chi connectivity index (χ1n) is 14.6. The first-order chi connectivity index (χ1) is 21.0. The van der Waals surface area contributed by atoms with E-state index in [0.29, 0.717) is 65.5 Å². The van der Waals surface area contributed by atoms with Crippen LogP contribution in [-0.4, -0.2) is 86.2 Å². The van der Waals surface area contributed by atoms with E-state index in [1.807, 2.05) is 13.8 Å². The zero-order chi connectivity index (χ0) is 31.8. The van der Waals surface area contributed by atoms with E-state index in [1.165, 1.54) is 4.90 Å². The zero-order valence-electron chi connectivity index (χ0n) is 24.8. The number of ether oxygens (including phenoxy) is 2. The Kier molecular flexibility index (Phi) is 11.7. The number of hydrogen-bond acceptors (Lipinski definition) is 9. The molecule has 1 aromatic carbocycles. The normalized spacial score (nSPS) is 17.6. The van der Waals surface area contributed by atoms with Gasteiger partial charge < -0.3 is 25.4 Å². The van der Waals surface area contributed by atoms with Gasteiger partial charge in [0.05, 0.1) is 35.0 Å². The lowest BCUT2D eigenvalue weighted by atomic mass is 10.0. The molecule has 4 rings (SSSR count). The highest BCUT2D eigenvalue weighted by molar-refractivity contribution is 7.18. The van der Waals surface area contributed by atoms with Gasteiger partial charge in [0.25, 0.3) is 11.8 Å². The number of primary amides is 1. The summed E-state index contributed by atoms with van der Waals surface area (Å²) in [7, 11) is 0. The van der Waals surface area contributed by atoms with Crippen LogP contribution in [0, 0.1) is 5.92 Å². The van der Waals surface area contributed by atoms with Crippen molar-refractivity contribution in [2.24, 2.45) is 11.7 Å². The molecule has 2 saturated heterocycles. The highest BCUT2D eigenvalue weighted by atomic mass is 35.5. The van der Waals surface area contributed by atoms with Crippen molar-refractivity contribution in [1.29, 1.82) is 0 Å². The molecule has 0 unspecified atom stereocenters. The lowest BCUT2D eigenvalue weighted by Gasteiger charge is -2.27. The summed E-state index contributed by atoms with van der Waals surface area (Å²) in [6.45, 7) is 5.45. The lowest BCUT2D eigenvalue weighted by molar-refractivity contribution is -0.129.